The van der Waals surface area contributed by atoms with Gasteiger partial charge in [0.1, 0.15) is 6.10 Å². The molecule has 0 spiro atoms. The Hall–Kier alpha value is -2.14. The van der Waals surface area contributed by atoms with Crippen LogP contribution in [0.4, 0.5) is 0 Å². The third-order valence-corrected chi connectivity index (χ3v) is 2.70. The second-order valence-electron chi connectivity index (χ2n) is 4.85. The Morgan fingerprint density at radius 1 is 0.875 bits per heavy atom. The van der Waals surface area contributed by atoms with Gasteiger partial charge in [-0.3, -0.25) is 4.79 Å². The van der Waals surface area contributed by atoms with Crippen molar-refractivity contribution in [1.82, 2.24) is 0 Å². The Morgan fingerprint density at radius 3 is 1.42 bits per heavy atom. The highest BCUT2D eigenvalue weighted by molar-refractivity contribution is 5.66. The minimum Gasteiger partial charge on any atom is -0.461 e. The summed E-state index contributed by atoms with van der Waals surface area (Å²) in [4.78, 5) is 10.4. The molecule has 136 valence electrons. The summed E-state index contributed by atoms with van der Waals surface area (Å²) in [5.74, 6) is -0.317. The van der Waals surface area contributed by atoms with Crippen molar-refractivity contribution in [2.75, 3.05) is 0 Å². The van der Waals surface area contributed by atoms with E-state index in [2.05, 4.69) is 0 Å². The molecule has 0 aliphatic rings. The lowest BCUT2D eigenvalue weighted by Gasteiger charge is -2.09. The summed E-state index contributed by atoms with van der Waals surface area (Å²) in [5, 5.41) is 41.4. The number of hydrogen-bond donors (Lipinski definition) is 2. The maximum atomic E-state index is 10.4. The predicted octanol–water partition coefficient (Wildman–Crippen LogP) is 2.58. The minimum atomic E-state index is -0.412. The van der Waals surface area contributed by atoms with E-state index in [4.69, 9.17) is 30.7 Å². The average Bonchev–Trinajstić information content (AvgIpc) is 2.55. The van der Waals surface area contributed by atoms with Gasteiger partial charge in [-0.15, -0.1) is 0 Å². The van der Waals surface area contributed by atoms with Gasteiger partial charge in [-0.1, -0.05) is 20.8 Å². The Kier molecular flexibility index (Phi) is 23.2. The van der Waals surface area contributed by atoms with E-state index in [9.17, 15) is 4.79 Å². The van der Waals surface area contributed by atoms with Crippen molar-refractivity contribution in [2.45, 2.75) is 84.5 Å². The quantitative estimate of drug-likeness (QED) is 0.679. The SMILES string of the molecule is CCC(O)CC#N.CC[C@@H](CC#N)OC(C)=O.CC[C@@H](O)CC#N. The van der Waals surface area contributed by atoms with Gasteiger partial charge in [0.25, 0.3) is 0 Å². The van der Waals surface area contributed by atoms with Gasteiger partial charge >= 0.3 is 5.97 Å². The zero-order chi connectivity index (χ0) is 19.4. The van der Waals surface area contributed by atoms with Crippen molar-refractivity contribution in [3.8, 4) is 18.2 Å². The number of carbonyl (C=O) groups excluding carboxylic acids is 1. The second kappa shape index (κ2) is 20.9. The predicted molar refractivity (Wildman–Crippen MR) is 89.1 cm³/mol. The van der Waals surface area contributed by atoms with Gasteiger partial charge in [-0.25, -0.2) is 0 Å². The molecular formula is C17H29N3O4. The van der Waals surface area contributed by atoms with Crippen molar-refractivity contribution in [1.29, 1.82) is 15.8 Å². The molecule has 0 aromatic rings. The van der Waals surface area contributed by atoms with E-state index in [0.29, 0.717) is 19.3 Å². The molecule has 0 aliphatic heterocycles. The Bertz CT molecular complexity index is 399. The standard InChI is InChI=1S/C7H11NO2.2C5H9NO/c1-3-7(4-5-8)10-6(2)9;2*1-2-5(7)3-4-6/h7H,3-4H2,1-2H3;2*5,7H,2-3H2,1H3/t7-;5-;/m01./s1. The van der Waals surface area contributed by atoms with Crippen molar-refractivity contribution < 1.29 is 19.7 Å². The lowest BCUT2D eigenvalue weighted by molar-refractivity contribution is -0.146. The molecule has 0 aromatic carbocycles. The van der Waals surface area contributed by atoms with Crippen LogP contribution in [0, 0.1) is 34.0 Å². The third-order valence-electron chi connectivity index (χ3n) is 2.70. The van der Waals surface area contributed by atoms with Crippen LogP contribution in [0.15, 0.2) is 0 Å². The zero-order valence-electron chi connectivity index (χ0n) is 15.0. The molecule has 1 unspecified atom stereocenters. The summed E-state index contributed by atoms with van der Waals surface area (Å²) in [5.41, 5.74) is 0. The zero-order valence-corrected chi connectivity index (χ0v) is 15.0. The Labute approximate surface area is 145 Å². The molecule has 0 aliphatic carbocycles. The van der Waals surface area contributed by atoms with E-state index in [0.717, 1.165) is 0 Å². The summed E-state index contributed by atoms with van der Waals surface area (Å²) in [7, 11) is 0. The largest absolute Gasteiger partial charge is 0.461 e. The van der Waals surface area contributed by atoms with Crippen molar-refractivity contribution in [2.24, 2.45) is 0 Å². The van der Waals surface area contributed by atoms with Gasteiger partial charge in [0.15, 0.2) is 0 Å². The van der Waals surface area contributed by atoms with Crippen LogP contribution in [0.25, 0.3) is 0 Å². The number of hydrogen-bond acceptors (Lipinski definition) is 7. The number of esters is 1. The second-order valence-corrected chi connectivity index (χ2v) is 4.85. The first kappa shape index (κ1) is 26.7. The first-order chi connectivity index (χ1) is 11.3. The number of carbonyl (C=O) groups is 1. The van der Waals surface area contributed by atoms with Crippen LogP contribution in [0.2, 0.25) is 0 Å². The molecule has 0 bridgehead atoms. The highest BCUT2D eigenvalue weighted by Gasteiger charge is 2.07. The van der Waals surface area contributed by atoms with Crippen molar-refractivity contribution in [3.63, 3.8) is 0 Å². The average molecular weight is 339 g/mol. The fourth-order valence-corrected chi connectivity index (χ4v) is 1.11. The fraction of sp³-hybridized carbons (Fsp3) is 0.765. The molecule has 7 heteroatoms. The number of ether oxygens (including phenoxy) is 1. The Balaban J connectivity index is -0.000000283. The maximum absolute atomic E-state index is 10.4. The van der Waals surface area contributed by atoms with Gasteiger partial charge in [0.2, 0.25) is 0 Å². The van der Waals surface area contributed by atoms with E-state index in [-0.39, 0.29) is 31.3 Å². The lowest BCUT2D eigenvalue weighted by Crippen LogP contribution is -2.14. The van der Waals surface area contributed by atoms with E-state index in [1.54, 1.807) is 0 Å². The van der Waals surface area contributed by atoms with Crippen LogP contribution < -0.4 is 0 Å². The van der Waals surface area contributed by atoms with Gasteiger partial charge < -0.3 is 14.9 Å². The summed E-state index contributed by atoms with van der Waals surface area (Å²) in [6.45, 7) is 6.93. The summed E-state index contributed by atoms with van der Waals surface area (Å²) in [6, 6.07) is 5.68. The molecule has 24 heavy (non-hydrogen) atoms. The molecule has 7 nitrogen and oxygen atoms in total. The van der Waals surface area contributed by atoms with Crippen molar-refractivity contribution in [3.05, 3.63) is 0 Å². The highest BCUT2D eigenvalue weighted by Crippen LogP contribution is 2.01. The fourth-order valence-electron chi connectivity index (χ4n) is 1.11. The van der Waals surface area contributed by atoms with Gasteiger partial charge in [0, 0.05) is 6.92 Å². The van der Waals surface area contributed by atoms with Crippen LogP contribution in [0.5, 0.6) is 0 Å². The molecule has 2 N–H and O–H groups in total. The number of nitrogens with zero attached hydrogens (tertiary/aromatic N) is 3. The number of rotatable bonds is 7. The first-order valence-electron chi connectivity index (χ1n) is 7.96. The monoisotopic (exact) mass is 339 g/mol. The normalized spacial score (nSPS) is 12.3. The molecule has 0 aromatic heterocycles. The topological polar surface area (TPSA) is 138 Å². The molecule has 0 rings (SSSR count). The highest BCUT2D eigenvalue weighted by atomic mass is 16.5. The van der Waals surface area contributed by atoms with E-state index in [1.165, 1.54) is 6.92 Å². The molecule has 0 fully saturated rings. The molecule has 3 atom stereocenters. The summed E-state index contributed by atoms with van der Waals surface area (Å²) < 4.78 is 4.78. The smallest absolute Gasteiger partial charge is 0.302 e. The molecule has 0 heterocycles. The molecule has 0 radical (unpaired) electrons. The van der Waals surface area contributed by atoms with Crippen LogP contribution in [0.1, 0.15) is 66.2 Å². The number of nitriles is 3. The van der Waals surface area contributed by atoms with Crippen LogP contribution in [-0.4, -0.2) is 34.5 Å². The first-order valence-corrected chi connectivity index (χ1v) is 7.96. The summed E-state index contributed by atoms with van der Waals surface area (Å²) >= 11 is 0. The number of aliphatic hydroxyl groups is 2. The van der Waals surface area contributed by atoms with Crippen molar-refractivity contribution >= 4 is 5.97 Å². The van der Waals surface area contributed by atoms with Crippen LogP contribution >= 0.6 is 0 Å². The minimum absolute atomic E-state index is 0.220. The lowest BCUT2D eigenvalue weighted by atomic mass is 10.2. The van der Waals surface area contributed by atoms with Gasteiger partial charge in [-0.05, 0) is 19.3 Å². The van der Waals surface area contributed by atoms with Crippen LogP contribution in [-0.2, 0) is 9.53 Å². The van der Waals surface area contributed by atoms with E-state index >= 15 is 0 Å². The third kappa shape index (κ3) is 24.9. The van der Waals surface area contributed by atoms with E-state index in [1.807, 2.05) is 39.0 Å². The Morgan fingerprint density at radius 2 is 1.25 bits per heavy atom. The summed E-state index contributed by atoms with van der Waals surface area (Å²) in [6.07, 6.45) is 1.81. The van der Waals surface area contributed by atoms with Gasteiger partial charge in [0.05, 0.1) is 49.7 Å². The molecular weight excluding hydrogens is 310 g/mol. The molecule has 0 saturated heterocycles. The van der Waals surface area contributed by atoms with E-state index < -0.39 is 12.2 Å². The van der Waals surface area contributed by atoms with Gasteiger partial charge in [-0.2, -0.15) is 15.8 Å². The maximum Gasteiger partial charge on any atom is 0.302 e. The molecule has 0 amide bonds. The van der Waals surface area contributed by atoms with Crippen LogP contribution in [0.3, 0.4) is 0 Å². The number of aliphatic hydroxyl groups excluding tert-OH is 2. The molecule has 0 saturated carbocycles.